The molecular formula is C33H52F3NO15. The fourth-order valence-corrected chi connectivity index (χ4v) is 7.72. The van der Waals surface area contributed by atoms with Crippen molar-refractivity contribution >= 4 is 17.8 Å². The number of carboxylic acid groups (broad SMARTS) is 1. The van der Waals surface area contributed by atoms with Crippen molar-refractivity contribution < 1.29 is 86.6 Å². The summed E-state index contributed by atoms with van der Waals surface area (Å²) in [5, 5.41) is 64.5. The summed E-state index contributed by atoms with van der Waals surface area (Å²) < 4.78 is 75.7. The van der Waals surface area contributed by atoms with Gasteiger partial charge in [0.2, 0.25) is 0 Å². The summed E-state index contributed by atoms with van der Waals surface area (Å²) >= 11 is 0. The van der Waals surface area contributed by atoms with Crippen molar-refractivity contribution in [1.82, 2.24) is 5.32 Å². The molecular weight excluding hydrogens is 707 g/mol. The molecule has 2 heterocycles. The summed E-state index contributed by atoms with van der Waals surface area (Å²) in [6.45, 7) is 2.26. The number of ether oxygens (including phenoxy) is 6. The molecule has 0 radical (unpaired) electrons. The number of methoxy groups -OCH3 is 1. The first-order valence-corrected chi connectivity index (χ1v) is 17.8. The molecule has 52 heavy (non-hydrogen) atoms. The van der Waals surface area contributed by atoms with Gasteiger partial charge in [0.05, 0.1) is 37.9 Å². The van der Waals surface area contributed by atoms with Crippen LogP contribution in [0.3, 0.4) is 0 Å². The molecule has 8 unspecified atom stereocenters. The van der Waals surface area contributed by atoms with Gasteiger partial charge in [0.15, 0.2) is 18.7 Å². The van der Waals surface area contributed by atoms with Crippen LogP contribution in [-0.2, 0) is 42.8 Å². The van der Waals surface area contributed by atoms with Gasteiger partial charge in [-0.3, -0.25) is 9.59 Å². The Morgan fingerprint density at radius 2 is 1.58 bits per heavy atom. The number of nitrogens with one attached hydrogen (secondary N) is 1. The lowest BCUT2D eigenvalue weighted by Gasteiger charge is -2.49. The number of aliphatic hydroxyl groups is 5. The molecule has 0 aromatic rings. The zero-order chi connectivity index (χ0) is 38.5. The Bertz CT molecular complexity index is 1190. The van der Waals surface area contributed by atoms with E-state index in [1.165, 1.54) is 6.92 Å². The van der Waals surface area contributed by atoms with Crippen LogP contribution in [0.25, 0.3) is 0 Å². The second kappa shape index (κ2) is 18.4. The molecule has 300 valence electrons. The number of hydrogen-bond donors (Lipinski definition) is 7. The molecule has 16 nitrogen and oxygen atoms in total. The van der Waals surface area contributed by atoms with Gasteiger partial charge < -0.3 is 64.4 Å². The van der Waals surface area contributed by atoms with Crippen LogP contribution < -0.4 is 5.32 Å². The third kappa shape index (κ3) is 10.1. The van der Waals surface area contributed by atoms with Crippen LogP contribution in [0, 0.1) is 17.8 Å². The molecule has 15 atom stereocenters. The van der Waals surface area contributed by atoms with Gasteiger partial charge in [0.1, 0.15) is 42.7 Å². The van der Waals surface area contributed by atoms with Gasteiger partial charge in [-0.05, 0) is 38.0 Å². The van der Waals surface area contributed by atoms with Gasteiger partial charge in [-0.1, -0.05) is 45.4 Å². The van der Waals surface area contributed by atoms with Crippen LogP contribution in [0.15, 0.2) is 0 Å². The predicted molar refractivity (Wildman–Crippen MR) is 168 cm³/mol. The zero-order valence-electron chi connectivity index (χ0n) is 29.3. The molecule has 2 saturated carbocycles. The van der Waals surface area contributed by atoms with Crippen LogP contribution in [0.1, 0.15) is 71.6 Å². The van der Waals surface area contributed by atoms with E-state index in [4.69, 9.17) is 28.4 Å². The first-order chi connectivity index (χ1) is 24.5. The van der Waals surface area contributed by atoms with E-state index in [1.54, 1.807) is 12.2 Å². The standard InChI is InChI=1S/C33H52F3NO15/c1-4-16-11-17(29(45)47-3)12-18(26(16)52-31-25(42)24(41)22(39)14(2)48-31)50-30-21(37-32(46)33(34,35)36)27(23(40)20(13-38)51-30)49-19(28(43)44)10-15-8-6-5-7-9-15/h14-27,30-31,38-42H,4-13H2,1-3H3,(H,37,46)(H,43,44)/t14-,16?,17?,18+,19-,20?,21?,22-,23-,24?,25-,26?,27?,30+,31?/m0/s1. The molecule has 0 aromatic carbocycles. The van der Waals surface area contributed by atoms with E-state index in [2.05, 4.69) is 0 Å². The SMILES string of the molecule is CCC1CC(C(=O)OC)C[C@@H](O[C@@H]2OC(CO)[C@H](O)C(O[C@@H](CC3CCCCC3)C(=O)O)C2NC(=O)C(F)(F)F)C1OC1O[C@@H](C)[C@H](O)C(O)[C@@H]1O. The number of hydrogen-bond acceptors (Lipinski definition) is 14. The summed E-state index contributed by atoms with van der Waals surface area (Å²) in [5.41, 5.74) is 0. The monoisotopic (exact) mass is 759 g/mol. The minimum atomic E-state index is -5.45. The summed E-state index contributed by atoms with van der Waals surface area (Å²) in [6.07, 6.45) is -20.0. The van der Waals surface area contributed by atoms with Crippen molar-refractivity contribution in [2.24, 2.45) is 17.8 Å². The van der Waals surface area contributed by atoms with Gasteiger partial charge >= 0.3 is 24.0 Å². The largest absolute Gasteiger partial charge is 0.479 e. The van der Waals surface area contributed by atoms with Crippen molar-refractivity contribution in [3.8, 4) is 0 Å². The van der Waals surface area contributed by atoms with Crippen LogP contribution in [-0.4, -0.2) is 148 Å². The van der Waals surface area contributed by atoms with Crippen molar-refractivity contribution in [3.05, 3.63) is 0 Å². The lowest BCUT2D eigenvalue weighted by molar-refractivity contribution is -0.339. The molecule has 4 rings (SSSR count). The number of amides is 1. The maximum atomic E-state index is 13.7. The first-order valence-electron chi connectivity index (χ1n) is 17.8. The van der Waals surface area contributed by atoms with E-state index in [0.29, 0.717) is 19.3 Å². The highest BCUT2D eigenvalue weighted by atomic mass is 19.4. The Hall–Kier alpha value is -2.20. The minimum absolute atomic E-state index is 0.0329. The molecule has 4 aliphatic rings. The average Bonchev–Trinajstić information content (AvgIpc) is 3.11. The number of aliphatic carboxylic acids is 1. The second-order valence-corrected chi connectivity index (χ2v) is 14.2. The highest BCUT2D eigenvalue weighted by molar-refractivity contribution is 5.82. The summed E-state index contributed by atoms with van der Waals surface area (Å²) in [4.78, 5) is 37.6. The highest BCUT2D eigenvalue weighted by Crippen LogP contribution is 2.40. The van der Waals surface area contributed by atoms with Crippen molar-refractivity contribution in [3.63, 3.8) is 0 Å². The van der Waals surface area contributed by atoms with E-state index in [1.807, 2.05) is 0 Å². The van der Waals surface area contributed by atoms with E-state index >= 15 is 0 Å². The third-order valence-corrected chi connectivity index (χ3v) is 10.7. The lowest BCUT2D eigenvalue weighted by atomic mass is 9.76. The fourth-order valence-electron chi connectivity index (χ4n) is 7.72. The van der Waals surface area contributed by atoms with Crippen LogP contribution in [0.5, 0.6) is 0 Å². The smallest absolute Gasteiger partial charge is 0.471 e. The van der Waals surface area contributed by atoms with Gasteiger partial charge in [-0.2, -0.15) is 13.2 Å². The number of rotatable bonds is 13. The van der Waals surface area contributed by atoms with E-state index < -0.39 is 122 Å². The van der Waals surface area contributed by atoms with E-state index in [9.17, 15) is 58.2 Å². The van der Waals surface area contributed by atoms with Crippen LogP contribution >= 0.6 is 0 Å². The molecule has 0 aromatic heterocycles. The number of carboxylic acids is 1. The lowest BCUT2D eigenvalue weighted by Crippen LogP contribution is -2.68. The van der Waals surface area contributed by atoms with E-state index in [0.717, 1.165) is 26.4 Å². The second-order valence-electron chi connectivity index (χ2n) is 14.2. The maximum Gasteiger partial charge on any atom is 0.471 e. The van der Waals surface area contributed by atoms with Crippen molar-refractivity contribution in [2.75, 3.05) is 13.7 Å². The van der Waals surface area contributed by atoms with Gasteiger partial charge in [-0.25, -0.2) is 4.79 Å². The summed E-state index contributed by atoms with van der Waals surface area (Å²) in [6, 6.07) is -2.02. The van der Waals surface area contributed by atoms with Crippen LogP contribution in [0.2, 0.25) is 0 Å². The molecule has 2 saturated heterocycles. The normalized spacial score (nSPS) is 39.8. The summed E-state index contributed by atoms with van der Waals surface area (Å²) in [7, 11) is 1.16. The fraction of sp³-hybridized carbons (Fsp3) is 0.909. The number of alkyl halides is 3. The molecule has 2 aliphatic carbocycles. The molecule has 0 spiro atoms. The molecule has 19 heteroatoms. The highest BCUT2D eigenvalue weighted by Gasteiger charge is 2.54. The Labute approximate surface area is 298 Å². The van der Waals surface area contributed by atoms with E-state index in [-0.39, 0.29) is 25.2 Å². The average molecular weight is 760 g/mol. The number of carbonyl (C=O) groups excluding carboxylic acids is 2. The quantitative estimate of drug-likeness (QED) is 0.124. The Morgan fingerprint density at radius 3 is 2.15 bits per heavy atom. The number of aliphatic hydroxyl groups excluding tert-OH is 5. The van der Waals surface area contributed by atoms with Crippen molar-refractivity contribution in [2.45, 2.75) is 157 Å². The number of esters is 1. The first kappa shape index (κ1) is 42.5. The Morgan fingerprint density at radius 1 is 0.904 bits per heavy atom. The Balaban J connectivity index is 1.71. The molecule has 4 fully saturated rings. The summed E-state index contributed by atoms with van der Waals surface area (Å²) in [5.74, 6) is -6.07. The van der Waals surface area contributed by atoms with Gasteiger partial charge in [0, 0.05) is 0 Å². The Kier molecular flexibility index (Phi) is 15.1. The zero-order valence-corrected chi connectivity index (χ0v) is 29.3. The van der Waals surface area contributed by atoms with Crippen LogP contribution in [0.4, 0.5) is 13.2 Å². The predicted octanol–water partition coefficient (Wildman–Crippen LogP) is 0.128. The molecule has 2 aliphatic heterocycles. The van der Waals surface area contributed by atoms with Crippen molar-refractivity contribution in [1.29, 1.82) is 0 Å². The molecule has 0 bridgehead atoms. The van der Waals surface area contributed by atoms with Gasteiger partial charge in [0.25, 0.3) is 0 Å². The molecule has 1 amide bonds. The molecule has 7 N–H and O–H groups in total. The number of carbonyl (C=O) groups is 3. The topological polar surface area (TPSA) is 240 Å². The third-order valence-electron chi connectivity index (χ3n) is 10.7. The van der Waals surface area contributed by atoms with Gasteiger partial charge in [-0.15, -0.1) is 0 Å². The minimum Gasteiger partial charge on any atom is -0.479 e. The maximum absolute atomic E-state index is 13.7. The number of halogens is 3.